The van der Waals surface area contributed by atoms with Gasteiger partial charge in [0, 0.05) is 39.6 Å². The number of amides is 2. The lowest BCUT2D eigenvalue weighted by Crippen LogP contribution is -2.53. The van der Waals surface area contributed by atoms with Crippen LogP contribution in [-0.4, -0.2) is 50.5 Å². The van der Waals surface area contributed by atoms with Crippen molar-refractivity contribution >= 4 is 73.9 Å². The van der Waals surface area contributed by atoms with E-state index in [9.17, 15) is 18.0 Å². The zero-order valence-electron chi connectivity index (χ0n) is 22.8. The molecule has 0 saturated heterocycles. The molecule has 0 radical (unpaired) electrons. The number of carbonyl (C=O) groups is 2. The van der Waals surface area contributed by atoms with E-state index in [0.29, 0.717) is 22.2 Å². The highest BCUT2D eigenvalue weighted by molar-refractivity contribution is 7.92. The Morgan fingerprint density at radius 3 is 2.07 bits per heavy atom. The van der Waals surface area contributed by atoms with Crippen LogP contribution in [0.25, 0.3) is 0 Å². The first-order valence-corrected chi connectivity index (χ1v) is 16.1. The summed E-state index contributed by atoms with van der Waals surface area (Å²) in [5.74, 6) is -0.838. The normalized spacial score (nSPS) is 12.2. The van der Waals surface area contributed by atoms with Gasteiger partial charge in [-0.15, -0.1) is 0 Å². The summed E-state index contributed by atoms with van der Waals surface area (Å²) in [7, 11) is -3.97. The Kier molecular flexibility index (Phi) is 11.8. The topological polar surface area (TPSA) is 86.8 Å². The van der Waals surface area contributed by atoms with Gasteiger partial charge in [-0.1, -0.05) is 96.6 Å². The predicted octanol–water partition coefficient (Wildman–Crippen LogP) is 6.48. The number of hydrogen-bond donors (Lipinski definition) is 1. The molecular weight excluding hydrogens is 628 g/mol. The molecule has 0 saturated carbocycles. The first-order valence-electron chi connectivity index (χ1n) is 12.7. The Labute approximate surface area is 261 Å². The van der Waals surface area contributed by atoms with E-state index in [2.05, 4.69) is 5.32 Å². The fourth-order valence-electron chi connectivity index (χ4n) is 4.11. The van der Waals surface area contributed by atoms with Gasteiger partial charge >= 0.3 is 0 Å². The van der Waals surface area contributed by atoms with Gasteiger partial charge in [0.1, 0.15) is 12.6 Å². The summed E-state index contributed by atoms with van der Waals surface area (Å²) >= 11 is 24.9. The Morgan fingerprint density at radius 1 is 0.878 bits per heavy atom. The molecule has 0 bridgehead atoms. The lowest BCUT2D eigenvalue weighted by Gasteiger charge is -2.34. The third-order valence-corrected chi connectivity index (χ3v) is 8.29. The van der Waals surface area contributed by atoms with Crippen molar-refractivity contribution in [2.45, 2.75) is 32.9 Å². The van der Waals surface area contributed by atoms with Crippen LogP contribution in [0, 0.1) is 5.92 Å². The van der Waals surface area contributed by atoms with Gasteiger partial charge in [0.2, 0.25) is 21.8 Å². The molecule has 1 unspecified atom stereocenters. The van der Waals surface area contributed by atoms with Crippen LogP contribution < -0.4 is 9.62 Å². The predicted molar refractivity (Wildman–Crippen MR) is 167 cm³/mol. The molecule has 0 aromatic heterocycles. The highest BCUT2D eigenvalue weighted by Crippen LogP contribution is 2.28. The van der Waals surface area contributed by atoms with E-state index >= 15 is 0 Å². The van der Waals surface area contributed by atoms with Gasteiger partial charge in [0.25, 0.3) is 0 Å². The molecule has 1 atom stereocenters. The minimum absolute atomic E-state index is 0.0741. The van der Waals surface area contributed by atoms with Crippen molar-refractivity contribution in [2.24, 2.45) is 5.92 Å². The number of hydrogen-bond acceptors (Lipinski definition) is 4. The second-order valence-electron chi connectivity index (χ2n) is 10.00. The number of sulfonamides is 1. The van der Waals surface area contributed by atoms with E-state index < -0.39 is 28.5 Å². The lowest BCUT2D eigenvalue weighted by atomic mass is 10.0. The second kappa shape index (κ2) is 14.6. The molecule has 220 valence electrons. The van der Waals surface area contributed by atoms with Gasteiger partial charge in [0.05, 0.1) is 11.9 Å². The molecule has 0 spiro atoms. The number of nitrogens with zero attached hydrogens (tertiary/aromatic N) is 2. The lowest BCUT2D eigenvalue weighted by molar-refractivity contribution is -0.140. The largest absolute Gasteiger partial charge is 0.354 e. The van der Waals surface area contributed by atoms with Crippen molar-refractivity contribution < 1.29 is 18.0 Å². The molecule has 2 amide bonds. The van der Waals surface area contributed by atoms with E-state index in [-0.39, 0.29) is 40.5 Å². The minimum Gasteiger partial charge on any atom is -0.354 e. The molecule has 0 aliphatic rings. The van der Waals surface area contributed by atoms with Crippen LogP contribution in [0.5, 0.6) is 0 Å². The molecule has 3 aromatic rings. The summed E-state index contributed by atoms with van der Waals surface area (Å²) in [4.78, 5) is 29.1. The minimum atomic E-state index is -3.97. The maximum absolute atomic E-state index is 14.1. The van der Waals surface area contributed by atoms with Crippen LogP contribution in [0.15, 0.2) is 66.7 Å². The van der Waals surface area contributed by atoms with Crippen LogP contribution in [0.3, 0.4) is 0 Å². The zero-order valence-corrected chi connectivity index (χ0v) is 26.6. The highest BCUT2D eigenvalue weighted by Gasteiger charge is 2.33. The molecule has 12 heteroatoms. The van der Waals surface area contributed by atoms with Crippen LogP contribution in [-0.2, 0) is 32.6 Å². The summed E-state index contributed by atoms with van der Waals surface area (Å²) in [5.41, 5.74) is 1.47. The third-order valence-electron chi connectivity index (χ3n) is 6.13. The summed E-state index contributed by atoms with van der Waals surface area (Å²) in [6.07, 6.45) is 1.16. The molecule has 7 nitrogen and oxygen atoms in total. The number of rotatable bonds is 12. The van der Waals surface area contributed by atoms with Crippen molar-refractivity contribution in [1.82, 2.24) is 10.2 Å². The standard InChI is InChI=1S/C29H31Cl4N3O4S/c1-19(2)16-34-29(38)27(11-20-7-5-4-6-8-20)35(17-21-9-10-22(30)15-26(21)33)28(37)18-36(41(3,39)40)25-13-23(31)12-24(32)14-25/h4-10,12-15,19,27H,11,16-18H2,1-3H3,(H,34,38). The molecule has 0 aliphatic heterocycles. The number of carbonyl (C=O) groups excluding carboxylic acids is 2. The van der Waals surface area contributed by atoms with Crippen LogP contribution >= 0.6 is 46.4 Å². The van der Waals surface area contributed by atoms with E-state index in [1.807, 2.05) is 44.2 Å². The molecule has 0 heterocycles. The number of anilines is 1. The van der Waals surface area contributed by atoms with Gasteiger partial charge in [-0.05, 0) is 47.4 Å². The van der Waals surface area contributed by atoms with Crippen molar-refractivity contribution in [3.05, 3.63) is 97.9 Å². The summed E-state index contributed by atoms with van der Waals surface area (Å²) in [5, 5.41) is 4.04. The zero-order chi connectivity index (χ0) is 30.3. The smallest absolute Gasteiger partial charge is 0.244 e. The third kappa shape index (κ3) is 9.79. The first-order chi connectivity index (χ1) is 19.2. The quantitative estimate of drug-likeness (QED) is 0.241. The van der Waals surface area contributed by atoms with E-state index in [1.165, 1.54) is 23.1 Å². The SMILES string of the molecule is CC(C)CNC(=O)C(Cc1ccccc1)N(Cc1ccc(Cl)cc1Cl)C(=O)CN(c1cc(Cl)cc(Cl)c1)S(C)(=O)=O. The summed E-state index contributed by atoms with van der Waals surface area (Å²) in [6, 6.07) is 17.4. The van der Waals surface area contributed by atoms with Gasteiger partial charge in [-0.3, -0.25) is 13.9 Å². The van der Waals surface area contributed by atoms with Gasteiger partial charge in [0.15, 0.2) is 0 Å². The molecular formula is C29H31Cl4N3O4S. The van der Waals surface area contributed by atoms with Crippen molar-refractivity contribution in [3.8, 4) is 0 Å². The van der Waals surface area contributed by atoms with Crippen molar-refractivity contribution in [1.29, 1.82) is 0 Å². The molecule has 3 rings (SSSR count). The van der Waals surface area contributed by atoms with Gasteiger partial charge in [-0.25, -0.2) is 8.42 Å². The van der Waals surface area contributed by atoms with Crippen LogP contribution in [0.1, 0.15) is 25.0 Å². The molecule has 41 heavy (non-hydrogen) atoms. The van der Waals surface area contributed by atoms with Crippen molar-refractivity contribution in [3.63, 3.8) is 0 Å². The number of halogens is 4. The number of benzene rings is 3. The van der Waals surface area contributed by atoms with Crippen LogP contribution in [0.4, 0.5) is 5.69 Å². The Bertz CT molecular complexity index is 1470. The molecule has 0 fully saturated rings. The Morgan fingerprint density at radius 2 is 1.51 bits per heavy atom. The van der Waals surface area contributed by atoms with E-state index in [4.69, 9.17) is 46.4 Å². The van der Waals surface area contributed by atoms with E-state index in [0.717, 1.165) is 16.1 Å². The highest BCUT2D eigenvalue weighted by atomic mass is 35.5. The van der Waals surface area contributed by atoms with Crippen LogP contribution in [0.2, 0.25) is 20.1 Å². The fourth-order valence-corrected chi connectivity index (χ4v) is 5.92. The molecule has 1 N–H and O–H groups in total. The summed E-state index contributed by atoms with van der Waals surface area (Å²) in [6.45, 7) is 3.63. The Hall–Kier alpha value is -2.49. The maximum Gasteiger partial charge on any atom is 0.244 e. The average molecular weight is 659 g/mol. The van der Waals surface area contributed by atoms with E-state index in [1.54, 1.807) is 18.2 Å². The summed E-state index contributed by atoms with van der Waals surface area (Å²) < 4.78 is 26.7. The maximum atomic E-state index is 14.1. The Balaban J connectivity index is 2.09. The average Bonchev–Trinajstić information content (AvgIpc) is 2.88. The fraction of sp³-hybridized carbons (Fsp3) is 0.310. The first kappa shape index (κ1) is 33.0. The molecule has 0 aliphatic carbocycles. The van der Waals surface area contributed by atoms with Gasteiger partial charge in [-0.2, -0.15) is 0 Å². The van der Waals surface area contributed by atoms with Crippen molar-refractivity contribution in [2.75, 3.05) is 23.7 Å². The second-order valence-corrected chi connectivity index (χ2v) is 13.6. The monoisotopic (exact) mass is 657 g/mol. The molecule has 3 aromatic carbocycles. The van der Waals surface area contributed by atoms with Gasteiger partial charge < -0.3 is 10.2 Å². The number of nitrogens with one attached hydrogen (secondary N) is 1.